The Hall–Kier alpha value is -1.31. The molecule has 2 aromatic rings. The average molecular weight is 423 g/mol. The van der Waals surface area contributed by atoms with Crippen molar-refractivity contribution < 1.29 is 9.53 Å². The number of thioether (sulfide) groups is 1. The molecule has 1 amide bonds. The molecule has 2 atom stereocenters. The lowest BCUT2D eigenvalue weighted by Crippen LogP contribution is -2.42. The Balaban J connectivity index is 1.90. The molecule has 2 unspecified atom stereocenters. The normalized spacial score (nSPS) is 25.6. The van der Waals surface area contributed by atoms with Gasteiger partial charge in [-0.15, -0.1) is 11.3 Å². The van der Waals surface area contributed by atoms with Crippen LogP contribution in [0, 0.1) is 0 Å². The smallest absolute Gasteiger partial charge is 0.261 e. The molecule has 0 saturated heterocycles. The number of hydrogen-bond donors (Lipinski definition) is 0. The molecule has 124 valence electrons. The van der Waals surface area contributed by atoms with Crippen LogP contribution in [-0.4, -0.2) is 29.3 Å². The van der Waals surface area contributed by atoms with Crippen LogP contribution in [0.2, 0.25) is 0 Å². The molecule has 2 aliphatic heterocycles. The number of nitrogens with zero attached hydrogens (tertiary/aromatic N) is 2. The molecule has 0 N–H and O–H groups in total. The van der Waals surface area contributed by atoms with E-state index in [1.807, 2.05) is 35.9 Å². The molecule has 0 bridgehead atoms. The van der Waals surface area contributed by atoms with Gasteiger partial charge in [0.15, 0.2) is 10.7 Å². The number of amides is 1. The summed E-state index contributed by atoms with van der Waals surface area (Å²) in [6.07, 6.45) is 2.30. The first kappa shape index (κ1) is 16.2. The molecule has 24 heavy (non-hydrogen) atoms. The van der Waals surface area contributed by atoms with Gasteiger partial charge in [-0.3, -0.25) is 9.69 Å². The van der Waals surface area contributed by atoms with Crippen molar-refractivity contribution in [2.75, 3.05) is 13.3 Å². The molecule has 1 aromatic heterocycles. The van der Waals surface area contributed by atoms with Crippen molar-refractivity contribution in [3.05, 3.63) is 50.6 Å². The van der Waals surface area contributed by atoms with Crippen LogP contribution in [0.3, 0.4) is 0 Å². The van der Waals surface area contributed by atoms with Gasteiger partial charge in [0.1, 0.15) is 11.9 Å². The van der Waals surface area contributed by atoms with Crippen LogP contribution in [0.5, 0.6) is 5.75 Å². The largest absolute Gasteiger partial charge is 0.484 e. The quantitative estimate of drug-likeness (QED) is 0.682. The Kier molecular flexibility index (Phi) is 3.97. The monoisotopic (exact) mass is 422 g/mol. The predicted octanol–water partition coefficient (Wildman–Crippen LogP) is 4.42. The van der Waals surface area contributed by atoms with Crippen LogP contribution in [0.4, 0.5) is 0 Å². The molecule has 4 rings (SSSR count). The number of carbonyl (C=O) groups excluding carboxylic acids is 1. The second-order valence-corrected chi connectivity index (χ2v) is 8.46. The number of carbonyl (C=O) groups is 1. The van der Waals surface area contributed by atoms with Crippen molar-refractivity contribution in [2.45, 2.75) is 18.1 Å². The highest BCUT2D eigenvalue weighted by atomic mass is 79.9. The number of thiophene rings is 1. The van der Waals surface area contributed by atoms with Crippen molar-refractivity contribution in [1.82, 2.24) is 4.90 Å². The summed E-state index contributed by atoms with van der Waals surface area (Å²) in [5.74, 6) is 0.742. The van der Waals surface area contributed by atoms with Crippen molar-refractivity contribution in [3.8, 4) is 5.75 Å². The van der Waals surface area contributed by atoms with Gasteiger partial charge in [0.2, 0.25) is 0 Å². The van der Waals surface area contributed by atoms with Gasteiger partial charge in [0.25, 0.3) is 5.91 Å². The zero-order chi connectivity index (χ0) is 16.9. The third kappa shape index (κ3) is 2.33. The molecule has 0 saturated carbocycles. The van der Waals surface area contributed by atoms with E-state index in [1.54, 1.807) is 23.3 Å². The van der Waals surface area contributed by atoms with Gasteiger partial charge in [0.05, 0.1) is 0 Å². The molecule has 0 aliphatic carbocycles. The number of halogens is 1. The van der Waals surface area contributed by atoms with Crippen LogP contribution in [0.1, 0.15) is 23.0 Å². The first-order chi connectivity index (χ1) is 11.5. The van der Waals surface area contributed by atoms with Gasteiger partial charge in [-0.2, -0.15) is 0 Å². The maximum absolute atomic E-state index is 13.2. The minimum absolute atomic E-state index is 0.0102. The average Bonchev–Trinajstić information content (AvgIpc) is 3.19. The second-order valence-electron chi connectivity index (χ2n) is 5.79. The molecule has 1 aromatic carbocycles. The number of rotatable bonds is 1. The van der Waals surface area contributed by atoms with Gasteiger partial charge in [-0.1, -0.05) is 33.8 Å². The predicted molar refractivity (Wildman–Crippen MR) is 102 cm³/mol. The van der Waals surface area contributed by atoms with Crippen molar-refractivity contribution in [1.29, 1.82) is 0 Å². The Morgan fingerprint density at radius 3 is 2.96 bits per heavy atom. The fourth-order valence-electron chi connectivity index (χ4n) is 3.28. The van der Waals surface area contributed by atoms with Gasteiger partial charge >= 0.3 is 0 Å². The minimum atomic E-state index is -0.904. The number of amidine groups is 1. The molecule has 1 spiro atoms. The summed E-state index contributed by atoms with van der Waals surface area (Å²) in [6.45, 7) is 0. The fraction of sp³-hybridized carbons (Fsp3) is 0.294. The summed E-state index contributed by atoms with van der Waals surface area (Å²) in [6, 6.07) is 9.87. The number of likely N-dealkylation sites (N-methyl/N-ethyl adjacent to an activating group) is 1. The minimum Gasteiger partial charge on any atom is -0.484 e. The summed E-state index contributed by atoms with van der Waals surface area (Å²) < 4.78 is 7.13. The van der Waals surface area contributed by atoms with E-state index in [9.17, 15) is 4.79 Å². The first-order valence-corrected chi connectivity index (χ1v) is 10.4. The Morgan fingerprint density at radius 1 is 1.46 bits per heavy atom. The number of hydrogen-bond acceptors (Lipinski definition) is 5. The molecule has 0 radical (unpaired) electrons. The molecular formula is C17H15BrN2O2S2. The molecule has 2 aliphatic rings. The second kappa shape index (κ2) is 5.89. The van der Waals surface area contributed by atoms with Crippen LogP contribution >= 0.6 is 39.0 Å². The van der Waals surface area contributed by atoms with E-state index < -0.39 is 5.54 Å². The van der Waals surface area contributed by atoms with Gasteiger partial charge < -0.3 is 4.74 Å². The SMILES string of the molecule is CSC1=NC2(CC(c3cccs3)Oc3ccc(Br)cc32)C(=O)N1C. The van der Waals surface area contributed by atoms with Crippen molar-refractivity contribution in [3.63, 3.8) is 0 Å². The zero-order valence-corrected chi connectivity index (χ0v) is 16.4. The Labute approximate surface area is 157 Å². The topological polar surface area (TPSA) is 41.9 Å². The first-order valence-electron chi connectivity index (χ1n) is 7.47. The standard InChI is InChI=1S/C17H15BrN2O2S2/c1-20-15(21)17(19-16(20)23-2)9-13(14-4-3-7-24-14)22-12-6-5-10(18)8-11(12)17/h3-8,13H,9H2,1-2H3. The molecule has 7 heteroatoms. The zero-order valence-electron chi connectivity index (χ0n) is 13.2. The van der Waals surface area contributed by atoms with Crippen molar-refractivity contribution in [2.24, 2.45) is 4.99 Å². The highest BCUT2D eigenvalue weighted by molar-refractivity contribution is 9.10. The molecule has 4 nitrogen and oxygen atoms in total. The lowest BCUT2D eigenvalue weighted by molar-refractivity contribution is -0.132. The van der Waals surface area contributed by atoms with Crippen molar-refractivity contribution >= 4 is 50.1 Å². The highest BCUT2D eigenvalue weighted by Crippen LogP contribution is 2.51. The molecular weight excluding hydrogens is 408 g/mol. The number of fused-ring (bicyclic) bond motifs is 2. The van der Waals surface area contributed by atoms with E-state index in [-0.39, 0.29) is 12.0 Å². The third-order valence-electron chi connectivity index (χ3n) is 4.41. The van der Waals surface area contributed by atoms with E-state index in [4.69, 9.17) is 9.73 Å². The van der Waals surface area contributed by atoms with E-state index in [0.29, 0.717) is 6.42 Å². The summed E-state index contributed by atoms with van der Waals surface area (Å²) >= 11 is 6.65. The Bertz CT molecular complexity index is 837. The maximum atomic E-state index is 13.2. The summed E-state index contributed by atoms with van der Waals surface area (Å²) in [5, 5.41) is 2.78. The van der Waals surface area contributed by atoms with Gasteiger partial charge in [-0.25, -0.2) is 4.99 Å². The van der Waals surface area contributed by atoms with Gasteiger partial charge in [-0.05, 0) is 35.9 Å². The van der Waals surface area contributed by atoms with E-state index in [0.717, 1.165) is 25.8 Å². The van der Waals surface area contributed by atoms with E-state index in [2.05, 4.69) is 22.0 Å². The summed E-state index contributed by atoms with van der Waals surface area (Å²) in [5.41, 5.74) is -0.0652. The third-order valence-corrected chi connectivity index (χ3v) is 6.60. The molecule has 3 heterocycles. The van der Waals surface area contributed by atoms with Gasteiger partial charge in [0, 0.05) is 28.4 Å². The van der Waals surface area contributed by atoms with Crippen LogP contribution in [0.25, 0.3) is 0 Å². The Morgan fingerprint density at radius 2 is 2.29 bits per heavy atom. The summed E-state index contributed by atoms with van der Waals surface area (Å²) in [7, 11) is 1.79. The van der Waals surface area contributed by atoms with E-state index >= 15 is 0 Å². The summed E-state index contributed by atoms with van der Waals surface area (Å²) in [4.78, 5) is 20.8. The van der Waals surface area contributed by atoms with E-state index in [1.165, 1.54) is 11.8 Å². The highest BCUT2D eigenvalue weighted by Gasteiger charge is 2.54. The lowest BCUT2D eigenvalue weighted by Gasteiger charge is -2.36. The lowest BCUT2D eigenvalue weighted by atomic mass is 9.81. The van der Waals surface area contributed by atoms with Crippen LogP contribution in [-0.2, 0) is 10.3 Å². The van der Waals surface area contributed by atoms with Crippen LogP contribution < -0.4 is 4.74 Å². The number of benzene rings is 1. The number of aliphatic imine (C=N–C) groups is 1. The fourth-order valence-corrected chi connectivity index (χ4v) is 5.00. The van der Waals surface area contributed by atoms with Crippen LogP contribution in [0.15, 0.2) is 45.2 Å². The molecule has 0 fully saturated rings. The number of ether oxygens (including phenoxy) is 1. The maximum Gasteiger partial charge on any atom is 0.261 e.